The van der Waals surface area contributed by atoms with Crippen LogP contribution in [0.3, 0.4) is 0 Å². The van der Waals surface area contributed by atoms with E-state index >= 15 is 0 Å². The maximum absolute atomic E-state index is 12.5. The third-order valence-electron chi connectivity index (χ3n) is 4.78. The summed E-state index contributed by atoms with van der Waals surface area (Å²) < 4.78 is 10.5. The molecule has 0 unspecified atom stereocenters. The molecule has 0 bridgehead atoms. The lowest BCUT2D eigenvalue weighted by molar-refractivity contribution is -0.117. The van der Waals surface area contributed by atoms with E-state index in [2.05, 4.69) is 10.6 Å². The predicted molar refractivity (Wildman–Crippen MR) is 108 cm³/mol. The quantitative estimate of drug-likeness (QED) is 0.831. The molecule has 0 saturated carbocycles. The second-order valence-electron chi connectivity index (χ2n) is 6.86. The van der Waals surface area contributed by atoms with E-state index in [4.69, 9.17) is 9.47 Å². The molecule has 0 radical (unpaired) electrons. The van der Waals surface area contributed by atoms with Crippen molar-refractivity contribution in [1.29, 1.82) is 0 Å². The first-order valence-corrected chi connectivity index (χ1v) is 9.08. The van der Waals surface area contributed by atoms with Crippen molar-refractivity contribution in [3.63, 3.8) is 0 Å². The van der Waals surface area contributed by atoms with E-state index < -0.39 is 0 Å². The molecule has 3 rings (SSSR count). The molecule has 148 valence electrons. The summed E-state index contributed by atoms with van der Waals surface area (Å²) in [7, 11) is 3.11. The van der Waals surface area contributed by atoms with Crippen LogP contribution < -0.4 is 25.0 Å². The summed E-state index contributed by atoms with van der Waals surface area (Å²) in [6.45, 7) is 4.31. The zero-order valence-electron chi connectivity index (χ0n) is 16.5. The third kappa shape index (κ3) is 4.19. The first-order chi connectivity index (χ1) is 13.4. The normalized spacial score (nSPS) is 16.1. The van der Waals surface area contributed by atoms with Gasteiger partial charge in [-0.05, 0) is 43.2 Å². The van der Waals surface area contributed by atoms with E-state index in [0.717, 1.165) is 16.8 Å². The molecular formula is C21H25N3O4. The Kier molecular flexibility index (Phi) is 5.73. The lowest BCUT2D eigenvalue weighted by Gasteiger charge is -2.19. The Morgan fingerprint density at radius 1 is 1.07 bits per heavy atom. The van der Waals surface area contributed by atoms with Gasteiger partial charge in [-0.3, -0.25) is 4.79 Å². The number of ether oxygens (including phenoxy) is 2. The number of urea groups is 1. The molecule has 1 aliphatic heterocycles. The van der Waals surface area contributed by atoms with Crippen molar-refractivity contribution >= 4 is 23.3 Å². The average Bonchev–Trinajstić information content (AvgIpc) is 3.04. The van der Waals surface area contributed by atoms with Crippen molar-refractivity contribution in [3.05, 3.63) is 47.5 Å². The van der Waals surface area contributed by atoms with Gasteiger partial charge in [0.2, 0.25) is 5.91 Å². The maximum atomic E-state index is 12.5. The van der Waals surface area contributed by atoms with Gasteiger partial charge in [-0.1, -0.05) is 12.1 Å². The monoisotopic (exact) mass is 383 g/mol. The summed E-state index contributed by atoms with van der Waals surface area (Å²) in [5.74, 6) is 1.10. The van der Waals surface area contributed by atoms with Gasteiger partial charge in [0.15, 0.2) is 11.5 Å². The smallest absolute Gasteiger partial charge is 0.319 e. The Balaban J connectivity index is 1.66. The zero-order chi connectivity index (χ0) is 20.3. The highest BCUT2D eigenvalue weighted by Gasteiger charge is 2.32. The van der Waals surface area contributed by atoms with Crippen LogP contribution in [0.1, 0.15) is 17.5 Å². The Morgan fingerprint density at radius 3 is 2.54 bits per heavy atom. The number of nitrogens with zero attached hydrogens (tertiary/aromatic N) is 1. The lowest BCUT2D eigenvalue weighted by Crippen LogP contribution is -2.39. The number of amides is 3. The van der Waals surface area contributed by atoms with E-state index in [1.165, 1.54) is 0 Å². The minimum atomic E-state index is -0.319. The van der Waals surface area contributed by atoms with Crippen LogP contribution in [0.25, 0.3) is 0 Å². The predicted octanol–water partition coefficient (Wildman–Crippen LogP) is 3.25. The number of methoxy groups -OCH3 is 2. The van der Waals surface area contributed by atoms with Crippen LogP contribution in [0.5, 0.6) is 11.5 Å². The van der Waals surface area contributed by atoms with E-state index in [1.807, 2.05) is 32.0 Å². The second-order valence-corrected chi connectivity index (χ2v) is 6.86. The van der Waals surface area contributed by atoms with Crippen molar-refractivity contribution in [1.82, 2.24) is 5.32 Å². The SMILES string of the molecule is COc1ccc(N2C[C@@H](NC(=O)Nc3cc(C)ccc3C)CC2=O)cc1OC. The molecule has 2 aromatic rings. The van der Waals surface area contributed by atoms with Gasteiger partial charge in [-0.25, -0.2) is 4.79 Å². The van der Waals surface area contributed by atoms with Crippen LogP contribution in [0, 0.1) is 13.8 Å². The van der Waals surface area contributed by atoms with Gasteiger partial charge in [-0.15, -0.1) is 0 Å². The molecule has 2 aromatic carbocycles. The van der Waals surface area contributed by atoms with Crippen LogP contribution >= 0.6 is 0 Å². The van der Waals surface area contributed by atoms with Crippen LogP contribution in [0.15, 0.2) is 36.4 Å². The minimum Gasteiger partial charge on any atom is -0.493 e. The molecule has 0 spiro atoms. The number of carbonyl (C=O) groups excluding carboxylic acids is 2. The molecule has 2 N–H and O–H groups in total. The van der Waals surface area contributed by atoms with E-state index in [9.17, 15) is 9.59 Å². The molecule has 7 nitrogen and oxygen atoms in total. The van der Waals surface area contributed by atoms with Crippen LogP contribution in [-0.4, -0.2) is 38.7 Å². The molecule has 1 saturated heterocycles. The third-order valence-corrected chi connectivity index (χ3v) is 4.78. The number of benzene rings is 2. The summed E-state index contributed by atoms with van der Waals surface area (Å²) in [5, 5.41) is 5.75. The molecule has 0 aromatic heterocycles. The second kappa shape index (κ2) is 8.21. The number of aryl methyl sites for hydroxylation is 2. The first kappa shape index (κ1) is 19.5. The van der Waals surface area contributed by atoms with Crippen molar-refractivity contribution in [3.8, 4) is 11.5 Å². The van der Waals surface area contributed by atoms with Gasteiger partial charge >= 0.3 is 6.03 Å². The number of carbonyl (C=O) groups is 2. The van der Waals surface area contributed by atoms with Crippen molar-refractivity contribution in [2.24, 2.45) is 0 Å². The molecule has 28 heavy (non-hydrogen) atoms. The Bertz CT molecular complexity index is 897. The Labute approximate surface area is 164 Å². The molecule has 7 heteroatoms. The zero-order valence-corrected chi connectivity index (χ0v) is 16.5. The molecule has 1 heterocycles. The highest BCUT2D eigenvalue weighted by Crippen LogP contribution is 2.33. The number of anilines is 2. The maximum Gasteiger partial charge on any atom is 0.319 e. The summed E-state index contributed by atoms with van der Waals surface area (Å²) >= 11 is 0. The van der Waals surface area contributed by atoms with Crippen molar-refractivity contribution in [2.75, 3.05) is 31.0 Å². The van der Waals surface area contributed by atoms with Crippen LogP contribution in [0.2, 0.25) is 0 Å². The topological polar surface area (TPSA) is 79.9 Å². The molecule has 1 atom stereocenters. The summed E-state index contributed by atoms with van der Waals surface area (Å²) in [5.41, 5.74) is 3.52. The summed E-state index contributed by atoms with van der Waals surface area (Å²) in [6.07, 6.45) is 0.245. The molecule has 1 aliphatic rings. The van der Waals surface area contributed by atoms with Gasteiger partial charge in [-0.2, -0.15) is 0 Å². The van der Waals surface area contributed by atoms with Crippen molar-refractivity contribution in [2.45, 2.75) is 26.3 Å². The van der Waals surface area contributed by atoms with Gasteiger partial charge in [0.25, 0.3) is 0 Å². The first-order valence-electron chi connectivity index (χ1n) is 9.08. The lowest BCUT2D eigenvalue weighted by atomic mass is 10.1. The summed E-state index contributed by atoms with van der Waals surface area (Å²) in [6, 6.07) is 10.6. The van der Waals surface area contributed by atoms with Crippen molar-refractivity contribution < 1.29 is 19.1 Å². The fourth-order valence-corrected chi connectivity index (χ4v) is 3.26. The van der Waals surface area contributed by atoms with Gasteiger partial charge in [0, 0.05) is 30.4 Å². The Morgan fingerprint density at radius 2 is 1.82 bits per heavy atom. The molecule has 3 amide bonds. The van der Waals surface area contributed by atoms with Gasteiger partial charge in [0.05, 0.1) is 20.3 Å². The largest absolute Gasteiger partial charge is 0.493 e. The van der Waals surface area contributed by atoms with Crippen LogP contribution in [-0.2, 0) is 4.79 Å². The number of hydrogen-bond donors (Lipinski definition) is 2. The molecular weight excluding hydrogens is 358 g/mol. The number of rotatable bonds is 5. The minimum absolute atomic E-state index is 0.0516. The summed E-state index contributed by atoms with van der Waals surface area (Å²) in [4.78, 5) is 26.5. The standard InChI is InChI=1S/C21H25N3O4/c1-13-5-6-14(2)17(9-13)23-21(26)22-15-10-20(25)24(12-15)16-7-8-18(27-3)19(11-16)28-4/h5-9,11,15H,10,12H2,1-4H3,(H2,22,23,26)/t15-/m0/s1. The van der Waals surface area contributed by atoms with Gasteiger partial charge in [0.1, 0.15) is 0 Å². The molecule has 1 fully saturated rings. The van der Waals surface area contributed by atoms with E-state index in [-0.39, 0.29) is 24.4 Å². The average molecular weight is 383 g/mol. The van der Waals surface area contributed by atoms with Gasteiger partial charge < -0.3 is 25.0 Å². The molecule has 0 aliphatic carbocycles. The fourth-order valence-electron chi connectivity index (χ4n) is 3.26. The fraction of sp³-hybridized carbons (Fsp3) is 0.333. The Hall–Kier alpha value is -3.22. The number of hydrogen-bond acceptors (Lipinski definition) is 4. The highest BCUT2D eigenvalue weighted by atomic mass is 16.5. The van der Waals surface area contributed by atoms with E-state index in [0.29, 0.717) is 23.7 Å². The number of nitrogens with one attached hydrogen (secondary N) is 2. The highest BCUT2D eigenvalue weighted by molar-refractivity contribution is 5.98. The van der Waals surface area contributed by atoms with Crippen LogP contribution in [0.4, 0.5) is 16.2 Å². The van der Waals surface area contributed by atoms with E-state index in [1.54, 1.807) is 37.3 Å².